The van der Waals surface area contributed by atoms with E-state index in [4.69, 9.17) is 10.8 Å². The Balaban J connectivity index is 3.00. The molecule has 19 heavy (non-hydrogen) atoms. The van der Waals surface area contributed by atoms with Crippen LogP contribution in [0.4, 0.5) is 0 Å². The van der Waals surface area contributed by atoms with Crippen LogP contribution >= 0.6 is 0 Å². The molecular weight excluding hydrogens is 276 g/mol. The normalized spacial score (nSPS) is 13.2. The largest absolute Gasteiger partial charge is 0.480 e. The second-order valence-electron chi connectivity index (χ2n) is 3.92. The number of carboxylic acid groups (broad SMARTS) is 1. The summed E-state index contributed by atoms with van der Waals surface area (Å²) in [5.41, 5.74) is 4.86. The molecule has 0 aliphatic heterocycles. The average Bonchev–Trinajstić information content (AvgIpc) is 2.58. The van der Waals surface area contributed by atoms with Crippen LogP contribution in [0.15, 0.2) is 11.2 Å². The summed E-state index contributed by atoms with van der Waals surface area (Å²) in [6.07, 6.45) is 0.598. The van der Waals surface area contributed by atoms with E-state index in [1.165, 1.54) is 10.8 Å². The lowest BCUT2D eigenvalue weighted by Gasteiger charge is -2.11. The zero-order chi connectivity index (χ0) is 14.8. The van der Waals surface area contributed by atoms with Gasteiger partial charge in [-0.3, -0.25) is 9.59 Å². The number of primary amides is 1. The van der Waals surface area contributed by atoms with E-state index in [-0.39, 0.29) is 5.03 Å². The first-order chi connectivity index (χ1) is 8.63. The van der Waals surface area contributed by atoms with E-state index in [1.807, 2.05) is 4.72 Å². The molecule has 0 fully saturated rings. The Hall–Kier alpha value is -1.94. The van der Waals surface area contributed by atoms with Crippen LogP contribution in [0.5, 0.6) is 0 Å². The molecule has 0 spiro atoms. The molecule has 0 radical (unpaired) electrons. The molecule has 1 atom stereocenters. The summed E-state index contributed by atoms with van der Waals surface area (Å²) in [7, 11) is -2.53. The molecule has 0 saturated heterocycles. The van der Waals surface area contributed by atoms with Crippen molar-refractivity contribution < 1.29 is 23.1 Å². The topological polar surface area (TPSA) is 144 Å². The van der Waals surface area contributed by atoms with Gasteiger partial charge in [-0.2, -0.15) is 4.72 Å². The SMILES string of the molecule is Cc1nc(S(=O)(=O)NC(CC(N)=O)C(=O)O)cn1C. The molecule has 1 rings (SSSR count). The monoisotopic (exact) mass is 290 g/mol. The predicted octanol–water partition coefficient (Wildman–Crippen LogP) is -1.66. The first-order valence-corrected chi connectivity index (χ1v) is 6.65. The summed E-state index contributed by atoms with van der Waals surface area (Å²) in [6, 6.07) is -1.62. The van der Waals surface area contributed by atoms with Gasteiger partial charge in [-0.05, 0) is 6.92 Å². The highest BCUT2D eigenvalue weighted by Crippen LogP contribution is 2.09. The molecule has 0 bridgehead atoms. The summed E-state index contributed by atoms with van der Waals surface area (Å²) in [5.74, 6) is -1.97. The number of carboxylic acids is 1. The first-order valence-electron chi connectivity index (χ1n) is 5.17. The molecule has 0 aliphatic rings. The van der Waals surface area contributed by atoms with Crippen molar-refractivity contribution in [2.45, 2.75) is 24.4 Å². The lowest BCUT2D eigenvalue weighted by Crippen LogP contribution is -2.43. The van der Waals surface area contributed by atoms with Gasteiger partial charge in [0.1, 0.15) is 11.9 Å². The Morgan fingerprint density at radius 3 is 2.53 bits per heavy atom. The molecular formula is C9H14N4O5S. The number of aryl methyl sites for hydroxylation is 2. The summed E-state index contributed by atoms with van der Waals surface area (Å²) >= 11 is 0. The van der Waals surface area contributed by atoms with Gasteiger partial charge >= 0.3 is 5.97 Å². The molecule has 0 aliphatic carbocycles. The maximum Gasteiger partial charge on any atom is 0.322 e. The Kier molecular flexibility index (Phi) is 4.27. The minimum atomic E-state index is -4.12. The number of amides is 1. The van der Waals surface area contributed by atoms with Gasteiger partial charge in [0, 0.05) is 13.2 Å². The van der Waals surface area contributed by atoms with Gasteiger partial charge in [-0.15, -0.1) is 0 Å². The van der Waals surface area contributed by atoms with Crippen LogP contribution in [-0.2, 0) is 26.7 Å². The Morgan fingerprint density at radius 2 is 2.16 bits per heavy atom. The van der Waals surface area contributed by atoms with Crippen molar-refractivity contribution in [1.82, 2.24) is 14.3 Å². The summed E-state index contributed by atoms with van der Waals surface area (Å²) in [5, 5.41) is 8.52. The fourth-order valence-corrected chi connectivity index (χ4v) is 2.51. The lowest BCUT2D eigenvalue weighted by molar-refractivity contribution is -0.140. The summed E-state index contributed by atoms with van der Waals surface area (Å²) in [6.45, 7) is 1.59. The molecule has 1 aromatic heterocycles. The molecule has 1 heterocycles. The molecule has 0 aromatic carbocycles. The van der Waals surface area contributed by atoms with Crippen molar-refractivity contribution in [3.63, 3.8) is 0 Å². The van der Waals surface area contributed by atoms with Gasteiger partial charge in [-0.25, -0.2) is 13.4 Å². The van der Waals surface area contributed by atoms with E-state index in [0.717, 1.165) is 0 Å². The number of nitrogens with zero attached hydrogens (tertiary/aromatic N) is 2. The van der Waals surface area contributed by atoms with E-state index < -0.39 is 34.4 Å². The molecule has 1 aromatic rings. The highest BCUT2D eigenvalue weighted by atomic mass is 32.2. The van der Waals surface area contributed by atoms with Crippen molar-refractivity contribution in [1.29, 1.82) is 0 Å². The first kappa shape index (κ1) is 15.1. The fraction of sp³-hybridized carbons (Fsp3) is 0.444. The van der Waals surface area contributed by atoms with E-state index in [2.05, 4.69) is 4.98 Å². The highest BCUT2D eigenvalue weighted by Gasteiger charge is 2.28. The third-order valence-electron chi connectivity index (χ3n) is 2.36. The smallest absolute Gasteiger partial charge is 0.322 e. The standard InChI is InChI=1S/C9H14N4O5S/c1-5-11-8(4-13(5)2)19(17,18)12-6(9(15)16)3-7(10)14/h4,6,12H,3H2,1-2H3,(H2,10,14)(H,15,16). The number of rotatable bonds is 6. The molecule has 10 heteroatoms. The van der Waals surface area contributed by atoms with Crippen molar-refractivity contribution >= 4 is 21.9 Å². The van der Waals surface area contributed by atoms with Gasteiger partial charge in [0.25, 0.3) is 10.0 Å². The Morgan fingerprint density at radius 1 is 1.58 bits per heavy atom. The summed E-state index contributed by atoms with van der Waals surface area (Å²) in [4.78, 5) is 25.3. The highest BCUT2D eigenvalue weighted by molar-refractivity contribution is 7.89. The second kappa shape index (κ2) is 5.36. The maximum absolute atomic E-state index is 11.9. The zero-order valence-electron chi connectivity index (χ0n) is 10.3. The van der Waals surface area contributed by atoms with Crippen molar-refractivity contribution in [2.75, 3.05) is 0 Å². The molecule has 1 unspecified atom stereocenters. The van der Waals surface area contributed by atoms with Gasteiger partial charge in [0.05, 0.1) is 6.42 Å². The van der Waals surface area contributed by atoms with Crippen molar-refractivity contribution in [2.24, 2.45) is 12.8 Å². The number of nitrogens with one attached hydrogen (secondary N) is 1. The Bertz CT molecular complexity index is 587. The van der Waals surface area contributed by atoms with Crippen LogP contribution in [0.25, 0.3) is 0 Å². The van der Waals surface area contributed by atoms with Gasteiger partial charge < -0.3 is 15.4 Å². The number of hydrogen-bond donors (Lipinski definition) is 3. The van der Waals surface area contributed by atoms with E-state index in [1.54, 1.807) is 14.0 Å². The number of imidazole rings is 1. The molecule has 106 valence electrons. The number of carbonyl (C=O) groups is 2. The number of aliphatic carboxylic acids is 1. The van der Waals surface area contributed by atoms with Crippen LogP contribution in [0.3, 0.4) is 0 Å². The van der Waals surface area contributed by atoms with Crippen molar-refractivity contribution in [3.8, 4) is 0 Å². The average molecular weight is 290 g/mol. The Labute approximate surface area is 109 Å². The van der Waals surface area contributed by atoms with E-state index >= 15 is 0 Å². The third kappa shape index (κ3) is 3.76. The van der Waals surface area contributed by atoms with Gasteiger partial charge in [-0.1, -0.05) is 0 Å². The van der Waals surface area contributed by atoms with Crippen molar-refractivity contribution in [3.05, 3.63) is 12.0 Å². The van der Waals surface area contributed by atoms with E-state index in [9.17, 15) is 18.0 Å². The number of nitrogens with two attached hydrogens (primary N) is 1. The van der Waals surface area contributed by atoms with Gasteiger partial charge in [0.15, 0.2) is 5.03 Å². The molecule has 1 amide bonds. The molecule has 0 saturated carbocycles. The number of aromatic nitrogens is 2. The fourth-order valence-electron chi connectivity index (χ4n) is 1.28. The quantitative estimate of drug-likeness (QED) is 0.571. The van der Waals surface area contributed by atoms with Crippen LogP contribution in [0.1, 0.15) is 12.2 Å². The van der Waals surface area contributed by atoms with Gasteiger partial charge in [0.2, 0.25) is 5.91 Å². The third-order valence-corrected chi connectivity index (χ3v) is 3.70. The minimum Gasteiger partial charge on any atom is -0.480 e. The second-order valence-corrected chi connectivity index (χ2v) is 5.58. The summed E-state index contributed by atoms with van der Waals surface area (Å²) < 4.78 is 27.1. The zero-order valence-corrected chi connectivity index (χ0v) is 11.1. The predicted molar refractivity (Wildman–Crippen MR) is 63.5 cm³/mol. The molecule has 9 nitrogen and oxygen atoms in total. The van der Waals surface area contributed by atoms with Crippen LogP contribution in [0, 0.1) is 6.92 Å². The van der Waals surface area contributed by atoms with Crippen LogP contribution < -0.4 is 10.5 Å². The van der Waals surface area contributed by atoms with E-state index in [0.29, 0.717) is 5.82 Å². The number of sulfonamides is 1. The maximum atomic E-state index is 11.9. The van der Waals surface area contributed by atoms with Crippen LogP contribution in [-0.4, -0.2) is 41.0 Å². The number of carbonyl (C=O) groups excluding carboxylic acids is 1. The lowest BCUT2D eigenvalue weighted by atomic mass is 10.2. The number of hydrogen-bond acceptors (Lipinski definition) is 5. The molecule has 4 N–H and O–H groups in total. The minimum absolute atomic E-state index is 0.316. The van der Waals surface area contributed by atoms with Crippen LogP contribution in [0.2, 0.25) is 0 Å².